The Morgan fingerprint density at radius 3 is 2.34 bits per heavy atom. The Bertz CT molecular complexity index is 1440. The van der Waals surface area contributed by atoms with E-state index in [2.05, 4.69) is 35.1 Å². The molecule has 0 aliphatic rings. The van der Waals surface area contributed by atoms with Crippen LogP contribution in [0, 0.1) is 13.8 Å². The van der Waals surface area contributed by atoms with Gasteiger partial charge in [-0.1, -0.05) is 42.5 Å². The van der Waals surface area contributed by atoms with Crippen molar-refractivity contribution in [2.24, 2.45) is 10.2 Å². The summed E-state index contributed by atoms with van der Waals surface area (Å²) >= 11 is 0. The summed E-state index contributed by atoms with van der Waals surface area (Å²) in [5.41, 5.74) is 11.3. The maximum atomic E-state index is 11.8. The van der Waals surface area contributed by atoms with Crippen molar-refractivity contribution in [2.75, 3.05) is 5.73 Å². The molecule has 3 N–H and O–H groups in total. The Hall–Kier alpha value is -2.62. The Labute approximate surface area is 209 Å². The number of nitrogens with two attached hydrogens (primary N) is 1. The fourth-order valence-electron chi connectivity index (χ4n) is 3.39. The number of anilines is 1. The van der Waals surface area contributed by atoms with E-state index in [1.807, 2.05) is 18.2 Å². The predicted molar refractivity (Wildman–Crippen MR) is 123 cm³/mol. The zero-order valence-electron chi connectivity index (χ0n) is 18.9. The average molecular weight is 457 g/mol. The molecule has 0 spiro atoms. The Kier molecular flexibility index (Phi) is 7.12. The number of benzene rings is 3. The van der Waals surface area contributed by atoms with Gasteiger partial charge in [0, 0.05) is 16.3 Å². The van der Waals surface area contributed by atoms with Crippen molar-refractivity contribution in [1.29, 1.82) is 0 Å². The van der Waals surface area contributed by atoms with E-state index in [-0.39, 0.29) is 47.3 Å². The van der Waals surface area contributed by atoms with E-state index >= 15 is 0 Å². The molecule has 7 nitrogen and oxygen atoms in total. The van der Waals surface area contributed by atoms with E-state index in [9.17, 15) is 13.0 Å². The van der Waals surface area contributed by atoms with Crippen molar-refractivity contribution in [3.05, 3.63) is 78.0 Å². The second-order valence-corrected chi connectivity index (χ2v) is 8.57. The standard InChI is InChI=1S/C23H20N4O3S.Na.H/c1-14-6-5-9-17(15(14)2)20-11-10-16(13-25-20)26-27-21-12-22(31(28,29)30)18-7-3-4-8-19(18)23(21)24;;/h3-13H,24H2,1-2H3,(H,28,29,30);;/q;+1;-1. The summed E-state index contributed by atoms with van der Waals surface area (Å²) in [6.45, 7) is 4.10. The molecule has 4 rings (SSSR count). The molecule has 0 atom stereocenters. The Morgan fingerprint density at radius 2 is 1.69 bits per heavy atom. The number of hydrogen-bond donors (Lipinski definition) is 2. The summed E-state index contributed by atoms with van der Waals surface area (Å²) in [4.78, 5) is 4.20. The molecule has 1 aromatic heterocycles. The molecule has 1 heterocycles. The van der Waals surface area contributed by atoms with E-state index < -0.39 is 10.1 Å². The molecule has 3 aromatic carbocycles. The fraction of sp³-hybridized carbons (Fsp3) is 0.0870. The first kappa shape index (κ1) is 24.0. The molecular formula is C23H21N4NaO3S. The fourth-order valence-corrected chi connectivity index (χ4v) is 4.11. The van der Waals surface area contributed by atoms with Gasteiger partial charge in [-0.05, 0) is 43.2 Å². The number of pyridine rings is 1. The molecular weight excluding hydrogens is 435 g/mol. The van der Waals surface area contributed by atoms with Crippen molar-refractivity contribution in [2.45, 2.75) is 18.7 Å². The third-order valence-corrected chi connectivity index (χ3v) is 6.10. The largest absolute Gasteiger partial charge is 1.00 e. The quantitative estimate of drug-likeness (QED) is 0.212. The smallest absolute Gasteiger partial charge is 1.00 e. The van der Waals surface area contributed by atoms with Crippen molar-refractivity contribution < 1.29 is 44.0 Å². The second-order valence-electron chi connectivity index (χ2n) is 7.18. The number of hydrogen-bond acceptors (Lipinski definition) is 6. The van der Waals surface area contributed by atoms with E-state index in [0.717, 1.165) is 16.8 Å². The molecule has 32 heavy (non-hydrogen) atoms. The number of aromatic nitrogens is 1. The van der Waals surface area contributed by atoms with Crippen LogP contribution in [-0.2, 0) is 10.1 Å². The van der Waals surface area contributed by atoms with Gasteiger partial charge in [-0.3, -0.25) is 9.54 Å². The first-order chi connectivity index (χ1) is 14.8. The van der Waals surface area contributed by atoms with Gasteiger partial charge in [-0.25, -0.2) is 0 Å². The summed E-state index contributed by atoms with van der Waals surface area (Å²) in [7, 11) is -4.47. The topological polar surface area (TPSA) is 118 Å². The minimum Gasteiger partial charge on any atom is -1.00 e. The summed E-state index contributed by atoms with van der Waals surface area (Å²) in [5, 5.41) is 9.05. The van der Waals surface area contributed by atoms with E-state index in [4.69, 9.17) is 5.73 Å². The SMILES string of the molecule is Cc1cccc(-c2ccc(N=Nc3cc(S(=O)(=O)O)c4ccccc4c3N)cn2)c1C.[H-].[Na+]. The van der Waals surface area contributed by atoms with Gasteiger partial charge >= 0.3 is 29.6 Å². The molecule has 0 fully saturated rings. The van der Waals surface area contributed by atoms with E-state index in [1.54, 1.807) is 36.5 Å². The minimum absolute atomic E-state index is 0. The van der Waals surface area contributed by atoms with Crippen LogP contribution >= 0.6 is 0 Å². The predicted octanol–water partition coefficient (Wildman–Crippen LogP) is 2.88. The first-order valence-electron chi connectivity index (χ1n) is 9.49. The van der Waals surface area contributed by atoms with E-state index in [0.29, 0.717) is 16.5 Å². The van der Waals surface area contributed by atoms with Crippen LogP contribution in [0.2, 0.25) is 0 Å². The number of fused-ring (bicyclic) bond motifs is 1. The normalized spacial score (nSPS) is 11.6. The van der Waals surface area contributed by atoms with Gasteiger partial charge in [0.05, 0.1) is 17.6 Å². The Balaban J connectivity index is 0.00000193. The molecule has 0 bridgehead atoms. The van der Waals surface area contributed by atoms with Crippen LogP contribution in [0.4, 0.5) is 17.1 Å². The van der Waals surface area contributed by atoms with Crippen LogP contribution < -0.4 is 35.3 Å². The zero-order chi connectivity index (χ0) is 22.2. The van der Waals surface area contributed by atoms with Crippen LogP contribution in [-0.4, -0.2) is 18.0 Å². The van der Waals surface area contributed by atoms with Gasteiger partial charge < -0.3 is 7.16 Å². The van der Waals surface area contributed by atoms with Crippen molar-refractivity contribution in [3.8, 4) is 11.3 Å². The third kappa shape index (κ3) is 4.74. The maximum absolute atomic E-state index is 11.8. The van der Waals surface area contributed by atoms with Crippen LogP contribution in [0.25, 0.3) is 22.0 Å². The molecule has 9 heteroatoms. The van der Waals surface area contributed by atoms with Gasteiger partial charge in [-0.2, -0.15) is 8.42 Å². The number of nitrogens with zero attached hydrogens (tertiary/aromatic N) is 3. The summed E-state index contributed by atoms with van der Waals surface area (Å²) in [6.07, 6.45) is 1.58. The monoisotopic (exact) mass is 456 g/mol. The van der Waals surface area contributed by atoms with Gasteiger partial charge in [-0.15, -0.1) is 10.2 Å². The van der Waals surface area contributed by atoms with Crippen LogP contribution in [0.5, 0.6) is 0 Å². The molecule has 0 saturated carbocycles. The van der Waals surface area contributed by atoms with Crippen molar-refractivity contribution in [1.82, 2.24) is 4.98 Å². The molecule has 0 unspecified atom stereocenters. The molecule has 0 aliphatic carbocycles. The average Bonchev–Trinajstić information content (AvgIpc) is 2.75. The molecule has 158 valence electrons. The van der Waals surface area contributed by atoms with E-state index in [1.165, 1.54) is 11.6 Å². The third-order valence-electron chi connectivity index (χ3n) is 5.21. The summed E-state index contributed by atoms with van der Waals surface area (Å²) < 4.78 is 33.3. The van der Waals surface area contributed by atoms with Crippen molar-refractivity contribution in [3.63, 3.8) is 0 Å². The number of aryl methyl sites for hydroxylation is 1. The van der Waals surface area contributed by atoms with Crippen LogP contribution in [0.1, 0.15) is 12.6 Å². The van der Waals surface area contributed by atoms with Gasteiger partial charge in [0.15, 0.2) is 0 Å². The number of rotatable bonds is 4. The van der Waals surface area contributed by atoms with Gasteiger partial charge in [0.2, 0.25) is 0 Å². The zero-order valence-corrected chi connectivity index (χ0v) is 20.8. The van der Waals surface area contributed by atoms with Crippen LogP contribution in [0.15, 0.2) is 82.0 Å². The maximum Gasteiger partial charge on any atom is 1.00 e. The van der Waals surface area contributed by atoms with Gasteiger partial charge in [0.25, 0.3) is 10.1 Å². The first-order valence-corrected chi connectivity index (χ1v) is 10.9. The molecule has 0 aliphatic heterocycles. The molecule has 0 amide bonds. The summed E-state index contributed by atoms with van der Waals surface area (Å²) in [5.74, 6) is 0. The molecule has 4 aromatic rings. The number of azo groups is 1. The number of nitrogen functional groups attached to an aromatic ring is 1. The van der Waals surface area contributed by atoms with Crippen molar-refractivity contribution >= 4 is 38.0 Å². The Morgan fingerprint density at radius 1 is 0.969 bits per heavy atom. The molecule has 0 radical (unpaired) electrons. The van der Waals surface area contributed by atoms with Gasteiger partial charge in [0.1, 0.15) is 16.3 Å². The minimum atomic E-state index is -4.47. The molecule has 0 saturated heterocycles. The van der Waals surface area contributed by atoms with Crippen LogP contribution in [0.3, 0.4) is 0 Å². The second kappa shape index (κ2) is 9.48. The summed E-state index contributed by atoms with van der Waals surface area (Å²) in [6, 6.07) is 17.5.